The largest absolute Gasteiger partial charge is 0.483 e. The van der Waals surface area contributed by atoms with Crippen LogP contribution in [0.2, 0.25) is 0 Å². The van der Waals surface area contributed by atoms with Gasteiger partial charge in [-0.05, 0) is 57.0 Å². The van der Waals surface area contributed by atoms with E-state index in [1.165, 1.54) is 0 Å². The number of carbonyl (C=O) groups is 2. The lowest BCUT2D eigenvalue weighted by Crippen LogP contribution is -2.21. The monoisotopic (exact) mass is 341 g/mol. The number of rotatable bonds is 6. The highest BCUT2D eigenvalue weighted by Crippen LogP contribution is 2.21. The normalized spacial score (nSPS) is 10.2. The molecule has 0 atom stereocenters. The van der Waals surface area contributed by atoms with Gasteiger partial charge in [0.25, 0.3) is 5.91 Å². The van der Waals surface area contributed by atoms with Crippen LogP contribution in [-0.2, 0) is 9.53 Å². The van der Waals surface area contributed by atoms with E-state index in [0.29, 0.717) is 29.2 Å². The van der Waals surface area contributed by atoms with Gasteiger partial charge in [0.2, 0.25) is 0 Å². The van der Waals surface area contributed by atoms with Crippen molar-refractivity contribution in [1.29, 1.82) is 0 Å². The fourth-order valence-electron chi connectivity index (χ4n) is 2.49. The maximum absolute atomic E-state index is 12.2. The number of ether oxygens (including phenoxy) is 2. The maximum Gasteiger partial charge on any atom is 0.338 e. The fraction of sp³-hybridized carbons (Fsp3) is 0.300. The van der Waals surface area contributed by atoms with Crippen LogP contribution in [0.1, 0.15) is 34.0 Å². The minimum Gasteiger partial charge on any atom is -0.483 e. The molecule has 0 saturated heterocycles. The fourth-order valence-corrected chi connectivity index (χ4v) is 2.49. The molecule has 0 fully saturated rings. The molecule has 0 aliphatic heterocycles. The van der Waals surface area contributed by atoms with Crippen LogP contribution in [0.4, 0.5) is 5.69 Å². The molecule has 2 rings (SSSR count). The van der Waals surface area contributed by atoms with E-state index >= 15 is 0 Å². The van der Waals surface area contributed by atoms with Gasteiger partial charge in [0, 0.05) is 5.69 Å². The molecule has 0 aliphatic carbocycles. The van der Waals surface area contributed by atoms with Crippen molar-refractivity contribution in [2.75, 3.05) is 18.5 Å². The summed E-state index contributed by atoms with van der Waals surface area (Å²) in [5.74, 6) is -0.00976. The molecule has 132 valence electrons. The molecule has 0 saturated carbocycles. The highest BCUT2D eigenvalue weighted by Gasteiger charge is 2.14. The molecule has 0 aliphatic rings. The molecule has 25 heavy (non-hydrogen) atoms. The number of anilines is 1. The summed E-state index contributed by atoms with van der Waals surface area (Å²) in [4.78, 5) is 24.1. The Hall–Kier alpha value is -2.82. The van der Waals surface area contributed by atoms with Crippen LogP contribution in [0.25, 0.3) is 0 Å². The average molecular weight is 341 g/mol. The van der Waals surface area contributed by atoms with E-state index in [1.54, 1.807) is 32.0 Å². The van der Waals surface area contributed by atoms with Gasteiger partial charge in [0.05, 0.1) is 12.2 Å². The number of carbonyl (C=O) groups excluding carboxylic acids is 2. The summed E-state index contributed by atoms with van der Waals surface area (Å²) in [6, 6.07) is 10.9. The molecule has 0 spiro atoms. The van der Waals surface area contributed by atoms with E-state index in [9.17, 15) is 9.59 Å². The number of aryl methyl sites for hydroxylation is 2. The standard InChI is InChI=1S/C20H23NO4/c1-5-24-20(23)16-7-6-8-17(15(16)4)21-19(22)12-25-18-10-9-13(2)11-14(18)3/h6-11H,5,12H2,1-4H3,(H,21,22). The number of hydrogen-bond donors (Lipinski definition) is 1. The number of amides is 1. The Bertz CT molecular complexity index is 783. The minimum atomic E-state index is -0.400. The third-order valence-corrected chi connectivity index (χ3v) is 3.79. The summed E-state index contributed by atoms with van der Waals surface area (Å²) in [5, 5.41) is 2.78. The van der Waals surface area contributed by atoms with Crippen molar-refractivity contribution < 1.29 is 19.1 Å². The molecular weight excluding hydrogens is 318 g/mol. The molecule has 0 aromatic heterocycles. The lowest BCUT2D eigenvalue weighted by molar-refractivity contribution is -0.118. The second-order valence-corrected chi connectivity index (χ2v) is 5.80. The van der Waals surface area contributed by atoms with Gasteiger partial charge < -0.3 is 14.8 Å². The van der Waals surface area contributed by atoms with Gasteiger partial charge in [-0.2, -0.15) is 0 Å². The lowest BCUT2D eigenvalue weighted by atomic mass is 10.1. The van der Waals surface area contributed by atoms with Crippen LogP contribution in [0.5, 0.6) is 5.75 Å². The van der Waals surface area contributed by atoms with Gasteiger partial charge in [-0.1, -0.05) is 23.8 Å². The van der Waals surface area contributed by atoms with Gasteiger partial charge in [-0.3, -0.25) is 4.79 Å². The van der Waals surface area contributed by atoms with Crippen LogP contribution >= 0.6 is 0 Å². The second kappa shape index (κ2) is 8.33. The van der Waals surface area contributed by atoms with Crippen molar-refractivity contribution in [2.24, 2.45) is 0 Å². The number of esters is 1. The molecule has 0 bridgehead atoms. The predicted molar refractivity (Wildman–Crippen MR) is 97.2 cm³/mol. The third kappa shape index (κ3) is 4.83. The summed E-state index contributed by atoms with van der Waals surface area (Å²) in [6.45, 7) is 7.66. The summed E-state index contributed by atoms with van der Waals surface area (Å²) in [7, 11) is 0. The van der Waals surface area contributed by atoms with Crippen molar-refractivity contribution >= 4 is 17.6 Å². The molecule has 0 unspecified atom stereocenters. The van der Waals surface area contributed by atoms with E-state index in [1.807, 2.05) is 32.0 Å². The molecular formula is C20H23NO4. The van der Waals surface area contributed by atoms with Gasteiger partial charge in [0.15, 0.2) is 6.61 Å². The zero-order valence-corrected chi connectivity index (χ0v) is 15.0. The first kappa shape index (κ1) is 18.5. The van der Waals surface area contributed by atoms with Crippen LogP contribution < -0.4 is 10.1 Å². The van der Waals surface area contributed by atoms with Crippen molar-refractivity contribution in [2.45, 2.75) is 27.7 Å². The number of hydrogen-bond acceptors (Lipinski definition) is 4. The highest BCUT2D eigenvalue weighted by atomic mass is 16.5. The predicted octanol–water partition coefficient (Wildman–Crippen LogP) is 3.81. The van der Waals surface area contributed by atoms with E-state index in [4.69, 9.17) is 9.47 Å². The van der Waals surface area contributed by atoms with E-state index in [0.717, 1.165) is 11.1 Å². The molecule has 5 heteroatoms. The summed E-state index contributed by atoms with van der Waals surface area (Å²) in [5.41, 5.74) is 3.80. The highest BCUT2D eigenvalue weighted by molar-refractivity contribution is 5.97. The lowest BCUT2D eigenvalue weighted by Gasteiger charge is -2.13. The van der Waals surface area contributed by atoms with Crippen LogP contribution in [0, 0.1) is 20.8 Å². The van der Waals surface area contributed by atoms with Crippen molar-refractivity contribution in [1.82, 2.24) is 0 Å². The molecule has 2 aromatic rings. The molecule has 0 heterocycles. The average Bonchev–Trinajstić information content (AvgIpc) is 2.56. The Morgan fingerprint density at radius 2 is 1.84 bits per heavy atom. The van der Waals surface area contributed by atoms with Gasteiger partial charge in [-0.15, -0.1) is 0 Å². The van der Waals surface area contributed by atoms with Crippen LogP contribution in [0.3, 0.4) is 0 Å². The Labute approximate surface area is 148 Å². The topological polar surface area (TPSA) is 64.6 Å². The zero-order chi connectivity index (χ0) is 18.4. The number of nitrogens with one attached hydrogen (secondary N) is 1. The first-order chi connectivity index (χ1) is 11.9. The van der Waals surface area contributed by atoms with Crippen LogP contribution in [0.15, 0.2) is 36.4 Å². The summed E-state index contributed by atoms with van der Waals surface area (Å²) in [6.07, 6.45) is 0. The van der Waals surface area contributed by atoms with E-state index < -0.39 is 5.97 Å². The first-order valence-corrected chi connectivity index (χ1v) is 8.19. The van der Waals surface area contributed by atoms with Gasteiger partial charge >= 0.3 is 5.97 Å². The van der Waals surface area contributed by atoms with Crippen LogP contribution in [-0.4, -0.2) is 25.1 Å². The molecule has 1 N–H and O–H groups in total. The Kier molecular flexibility index (Phi) is 6.17. The second-order valence-electron chi connectivity index (χ2n) is 5.80. The summed E-state index contributed by atoms with van der Waals surface area (Å²) < 4.78 is 10.6. The maximum atomic E-state index is 12.2. The van der Waals surface area contributed by atoms with Crippen molar-refractivity contribution in [3.05, 3.63) is 58.7 Å². The molecule has 5 nitrogen and oxygen atoms in total. The third-order valence-electron chi connectivity index (χ3n) is 3.79. The van der Waals surface area contributed by atoms with E-state index in [2.05, 4.69) is 5.32 Å². The smallest absolute Gasteiger partial charge is 0.338 e. The Morgan fingerprint density at radius 3 is 2.52 bits per heavy atom. The van der Waals surface area contributed by atoms with Gasteiger partial charge in [-0.25, -0.2) is 4.79 Å². The Morgan fingerprint density at radius 1 is 1.08 bits per heavy atom. The number of benzene rings is 2. The van der Waals surface area contributed by atoms with E-state index in [-0.39, 0.29) is 12.5 Å². The molecule has 2 aromatic carbocycles. The quantitative estimate of drug-likeness (QED) is 0.812. The van der Waals surface area contributed by atoms with Crippen molar-refractivity contribution in [3.63, 3.8) is 0 Å². The van der Waals surface area contributed by atoms with Gasteiger partial charge in [0.1, 0.15) is 5.75 Å². The first-order valence-electron chi connectivity index (χ1n) is 8.19. The molecule has 1 amide bonds. The molecule has 0 radical (unpaired) electrons. The zero-order valence-electron chi connectivity index (χ0n) is 15.0. The SMILES string of the molecule is CCOC(=O)c1cccc(NC(=O)COc2ccc(C)cc2C)c1C. The Balaban J connectivity index is 2.03. The summed E-state index contributed by atoms with van der Waals surface area (Å²) >= 11 is 0. The van der Waals surface area contributed by atoms with Crippen molar-refractivity contribution in [3.8, 4) is 5.75 Å². The minimum absolute atomic E-state index is 0.104.